The molecule has 0 radical (unpaired) electrons. The van der Waals surface area contributed by atoms with Crippen molar-refractivity contribution in [3.05, 3.63) is 29.8 Å². The van der Waals surface area contributed by atoms with Crippen LogP contribution in [0.3, 0.4) is 0 Å². The summed E-state index contributed by atoms with van der Waals surface area (Å²) in [5, 5.41) is 3.45. The van der Waals surface area contributed by atoms with Gasteiger partial charge in [0.15, 0.2) is 0 Å². The van der Waals surface area contributed by atoms with Crippen molar-refractivity contribution in [3.63, 3.8) is 0 Å². The van der Waals surface area contributed by atoms with Gasteiger partial charge in [-0.05, 0) is 38.2 Å². The van der Waals surface area contributed by atoms with Gasteiger partial charge >= 0.3 is 0 Å². The first-order chi connectivity index (χ1) is 10.2. The number of ether oxygens (including phenoxy) is 1. The van der Waals surface area contributed by atoms with Crippen molar-refractivity contribution in [1.29, 1.82) is 0 Å². The zero-order valence-electron chi connectivity index (χ0n) is 13.8. The molecular weight excluding hydrogens is 262 g/mol. The van der Waals surface area contributed by atoms with E-state index in [0.29, 0.717) is 12.1 Å². The lowest BCUT2D eigenvalue weighted by atomic mass is 10.0. The second-order valence-corrected chi connectivity index (χ2v) is 5.86. The minimum Gasteiger partial charge on any atom is -0.497 e. The zero-order valence-corrected chi connectivity index (χ0v) is 13.8. The van der Waals surface area contributed by atoms with Crippen LogP contribution >= 0.6 is 0 Å². The number of hydrogen-bond acceptors (Lipinski definition) is 4. The van der Waals surface area contributed by atoms with Gasteiger partial charge in [-0.25, -0.2) is 0 Å². The molecule has 1 aromatic carbocycles. The number of methoxy groups -OCH3 is 1. The Labute approximate surface area is 129 Å². The molecule has 0 amide bonds. The molecule has 1 fully saturated rings. The molecule has 1 aliphatic heterocycles. The van der Waals surface area contributed by atoms with Gasteiger partial charge in [0.1, 0.15) is 5.75 Å². The molecule has 0 aliphatic carbocycles. The summed E-state index contributed by atoms with van der Waals surface area (Å²) in [5.41, 5.74) is 1.29. The first-order valence-electron chi connectivity index (χ1n) is 7.95. The molecule has 1 aromatic rings. The molecule has 2 unspecified atom stereocenters. The predicted octanol–water partition coefficient (Wildman–Crippen LogP) is 1.98. The van der Waals surface area contributed by atoms with Crippen molar-refractivity contribution in [2.24, 2.45) is 0 Å². The van der Waals surface area contributed by atoms with Crippen LogP contribution in [0.25, 0.3) is 0 Å². The monoisotopic (exact) mass is 291 g/mol. The summed E-state index contributed by atoms with van der Waals surface area (Å²) >= 11 is 0. The second kappa shape index (κ2) is 7.78. The number of likely N-dealkylation sites (N-methyl/N-ethyl adjacent to an activating group) is 2. The van der Waals surface area contributed by atoms with Crippen LogP contribution in [0.1, 0.15) is 25.5 Å². The average molecular weight is 291 g/mol. The molecule has 4 nitrogen and oxygen atoms in total. The van der Waals surface area contributed by atoms with Crippen LogP contribution in [-0.2, 0) is 0 Å². The van der Waals surface area contributed by atoms with Crippen LogP contribution < -0.4 is 10.1 Å². The number of nitrogens with one attached hydrogen (secondary N) is 1. The number of benzene rings is 1. The Morgan fingerprint density at radius 2 is 2.19 bits per heavy atom. The number of piperazine rings is 1. The van der Waals surface area contributed by atoms with Gasteiger partial charge in [0.25, 0.3) is 0 Å². The lowest BCUT2D eigenvalue weighted by molar-refractivity contribution is 0.0818. The lowest BCUT2D eigenvalue weighted by Crippen LogP contribution is -2.53. The highest BCUT2D eigenvalue weighted by Crippen LogP contribution is 2.21. The van der Waals surface area contributed by atoms with Gasteiger partial charge in [0.2, 0.25) is 0 Å². The largest absolute Gasteiger partial charge is 0.497 e. The first-order valence-corrected chi connectivity index (χ1v) is 7.95. The Morgan fingerprint density at radius 3 is 2.81 bits per heavy atom. The average Bonchev–Trinajstić information content (AvgIpc) is 2.52. The Bertz CT molecular complexity index is 438. The highest BCUT2D eigenvalue weighted by molar-refractivity contribution is 5.30. The molecule has 21 heavy (non-hydrogen) atoms. The quantitative estimate of drug-likeness (QED) is 0.867. The molecule has 1 aliphatic rings. The van der Waals surface area contributed by atoms with Crippen molar-refractivity contribution in [2.75, 3.05) is 46.9 Å². The number of rotatable bonds is 6. The van der Waals surface area contributed by atoms with E-state index in [1.54, 1.807) is 7.11 Å². The SMILES string of the molecule is CCN1CCN(CC(NC)c2cccc(OC)c2)CC1C. The minimum absolute atomic E-state index is 0.348. The van der Waals surface area contributed by atoms with Crippen molar-refractivity contribution in [2.45, 2.75) is 25.9 Å². The summed E-state index contributed by atoms with van der Waals surface area (Å²) in [5.74, 6) is 0.928. The van der Waals surface area contributed by atoms with Crippen molar-refractivity contribution < 1.29 is 4.74 Å². The lowest BCUT2D eigenvalue weighted by Gasteiger charge is -2.40. The third-order valence-corrected chi connectivity index (χ3v) is 4.54. The van der Waals surface area contributed by atoms with Gasteiger partial charge in [-0.1, -0.05) is 19.1 Å². The van der Waals surface area contributed by atoms with Gasteiger partial charge in [-0.15, -0.1) is 0 Å². The highest BCUT2D eigenvalue weighted by Gasteiger charge is 2.24. The van der Waals surface area contributed by atoms with Gasteiger partial charge < -0.3 is 10.1 Å². The third kappa shape index (κ3) is 4.19. The topological polar surface area (TPSA) is 27.7 Å². The van der Waals surface area contributed by atoms with E-state index in [9.17, 15) is 0 Å². The Kier molecular flexibility index (Phi) is 6.03. The van der Waals surface area contributed by atoms with E-state index in [4.69, 9.17) is 4.74 Å². The Morgan fingerprint density at radius 1 is 1.38 bits per heavy atom. The van der Waals surface area contributed by atoms with Gasteiger partial charge in [0.05, 0.1) is 7.11 Å². The summed E-state index contributed by atoms with van der Waals surface area (Å²) < 4.78 is 5.34. The van der Waals surface area contributed by atoms with Gasteiger partial charge in [-0.2, -0.15) is 0 Å². The highest BCUT2D eigenvalue weighted by atomic mass is 16.5. The summed E-state index contributed by atoms with van der Waals surface area (Å²) in [6.07, 6.45) is 0. The third-order valence-electron chi connectivity index (χ3n) is 4.54. The van der Waals surface area contributed by atoms with Crippen LogP contribution in [0, 0.1) is 0 Å². The van der Waals surface area contributed by atoms with E-state index in [1.165, 1.54) is 12.1 Å². The van der Waals surface area contributed by atoms with Crippen molar-refractivity contribution in [3.8, 4) is 5.75 Å². The van der Waals surface area contributed by atoms with Crippen LogP contribution in [0.15, 0.2) is 24.3 Å². The van der Waals surface area contributed by atoms with Crippen molar-refractivity contribution in [1.82, 2.24) is 15.1 Å². The molecule has 2 atom stereocenters. The number of hydrogen-bond donors (Lipinski definition) is 1. The van der Waals surface area contributed by atoms with Gasteiger partial charge in [-0.3, -0.25) is 9.80 Å². The van der Waals surface area contributed by atoms with E-state index in [1.807, 2.05) is 13.1 Å². The fourth-order valence-electron chi connectivity index (χ4n) is 3.19. The summed E-state index contributed by atoms with van der Waals surface area (Å²) in [7, 11) is 3.76. The van der Waals surface area contributed by atoms with Crippen LogP contribution in [-0.4, -0.2) is 62.7 Å². The Hall–Kier alpha value is -1.10. The maximum absolute atomic E-state index is 5.34. The molecule has 0 aromatic heterocycles. The standard InChI is InChI=1S/C17H29N3O/c1-5-20-10-9-19(12-14(20)2)13-17(18-3)15-7-6-8-16(11-15)21-4/h6-8,11,14,17-18H,5,9-10,12-13H2,1-4H3. The second-order valence-electron chi connectivity index (χ2n) is 5.86. The van der Waals surface area contributed by atoms with E-state index in [0.717, 1.165) is 31.9 Å². The summed E-state index contributed by atoms with van der Waals surface area (Å²) in [6.45, 7) is 10.3. The van der Waals surface area contributed by atoms with E-state index in [2.05, 4.69) is 47.2 Å². The van der Waals surface area contributed by atoms with E-state index < -0.39 is 0 Å². The minimum atomic E-state index is 0.348. The molecule has 4 heteroatoms. The van der Waals surface area contributed by atoms with E-state index in [-0.39, 0.29) is 0 Å². The molecule has 0 spiro atoms. The van der Waals surface area contributed by atoms with E-state index >= 15 is 0 Å². The van der Waals surface area contributed by atoms with Crippen LogP contribution in [0.4, 0.5) is 0 Å². The molecule has 1 heterocycles. The zero-order chi connectivity index (χ0) is 15.2. The smallest absolute Gasteiger partial charge is 0.119 e. The molecule has 0 saturated carbocycles. The summed E-state index contributed by atoms with van der Waals surface area (Å²) in [4.78, 5) is 5.12. The Balaban J connectivity index is 1.99. The molecule has 0 bridgehead atoms. The molecule has 1 N–H and O–H groups in total. The molecule has 118 valence electrons. The molecule has 2 rings (SSSR count). The normalized spacial score (nSPS) is 22.2. The fraction of sp³-hybridized carbons (Fsp3) is 0.647. The number of nitrogens with zero attached hydrogens (tertiary/aromatic N) is 2. The predicted molar refractivity (Wildman–Crippen MR) is 87.9 cm³/mol. The maximum atomic E-state index is 5.34. The summed E-state index contributed by atoms with van der Waals surface area (Å²) in [6, 6.07) is 9.36. The van der Waals surface area contributed by atoms with Crippen molar-refractivity contribution >= 4 is 0 Å². The van der Waals surface area contributed by atoms with Crippen LogP contribution in [0.2, 0.25) is 0 Å². The van der Waals surface area contributed by atoms with Crippen LogP contribution in [0.5, 0.6) is 5.75 Å². The maximum Gasteiger partial charge on any atom is 0.119 e. The first kappa shape index (κ1) is 16.3. The van der Waals surface area contributed by atoms with Gasteiger partial charge in [0, 0.05) is 38.3 Å². The molecular formula is C17H29N3O. The molecule has 1 saturated heterocycles. The fourth-order valence-corrected chi connectivity index (χ4v) is 3.19.